The van der Waals surface area contributed by atoms with Gasteiger partial charge < -0.3 is 30.7 Å². The number of nitrogens with one attached hydrogen (secondary N) is 6. The minimum atomic E-state index is -0.948. The van der Waals surface area contributed by atoms with Gasteiger partial charge in [-0.05, 0) is 127 Å². The number of aromatic nitrogens is 14. The largest absolute Gasteiger partial charge is 0.368 e. The van der Waals surface area contributed by atoms with Crippen LogP contribution in [-0.2, 0) is 19.1 Å². The zero-order valence-electron chi connectivity index (χ0n) is 47.3. The van der Waals surface area contributed by atoms with Gasteiger partial charge in [0.05, 0.1) is 59.3 Å². The molecule has 0 spiro atoms. The lowest BCUT2D eigenvalue weighted by Crippen LogP contribution is -2.50. The van der Waals surface area contributed by atoms with Gasteiger partial charge in [-0.1, -0.05) is 24.3 Å². The number of halogens is 2. The van der Waals surface area contributed by atoms with E-state index in [4.69, 9.17) is 19.4 Å². The third kappa shape index (κ3) is 12.2. The summed E-state index contributed by atoms with van der Waals surface area (Å²) in [6, 6.07) is 22.2. The van der Waals surface area contributed by atoms with E-state index in [0.717, 1.165) is 93.8 Å². The number of fused-ring (bicyclic) bond motifs is 2. The Kier molecular flexibility index (Phi) is 16.3. The number of nitrogens with zero attached hydrogens (tertiary/aromatic N) is 12. The molecule has 22 nitrogen and oxygen atoms in total. The molecule has 0 aliphatic heterocycles. The van der Waals surface area contributed by atoms with Gasteiger partial charge >= 0.3 is 0 Å². The Bertz CT molecular complexity index is 3670. The van der Waals surface area contributed by atoms with Crippen LogP contribution in [0, 0.1) is 25.5 Å². The number of pyridine rings is 6. The highest BCUT2D eigenvalue weighted by Crippen LogP contribution is 2.44. The fraction of sp³-hybridized carbons (Fsp3) is 0.333. The van der Waals surface area contributed by atoms with Crippen molar-refractivity contribution in [3.05, 3.63) is 168 Å². The molecule has 12 rings (SSSR count). The molecule has 0 radical (unpaired) electrons. The topological polar surface area (TPSA) is 271 Å². The van der Waals surface area contributed by atoms with Crippen molar-refractivity contribution in [3.63, 3.8) is 0 Å². The molecule has 432 valence electrons. The van der Waals surface area contributed by atoms with Crippen LogP contribution in [0.1, 0.15) is 123 Å². The van der Waals surface area contributed by atoms with Crippen LogP contribution in [0.2, 0.25) is 0 Å². The fourth-order valence-corrected chi connectivity index (χ4v) is 11.2. The SMILES string of the molecule is COC1(C(=O)N[C@@H](C)c2ccc(-n3cc(F)cn3)nc2)CCC(c2nc(Nc3cc(C)[nH]n3)cc3cccnc23)CC1.COC1(C(=O)N[C@@H](C)c2ccc(-n3cc(F)cn3)nc2)CCC(c2nc(Nc3cc(C)[nH]n3)cc3cccnc23)CC1. The summed E-state index contributed by atoms with van der Waals surface area (Å²) >= 11 is 0. The van der Waals surface area contributed by atoms with Crippen molar-refractivity contribution < 1.29 is 27.8 Å². The van der Waals surface area contributed by atoms with Gasteiger partial charge in [-0.2, -0.15) is 20.4 Å². The van der Waals surface area contributed by atoms with Gasteiger partial charge in [-0.15, -0.1) is 0 Å². The molecule has 0 aromatic carbocycles. The molecular formula is C60H64F2N18O4. The minimum absolute atomic E-state index is 0.113. The first kappa shape index (κ1) is 56.4. The standard InChI is InChI=1S/2C30H32FN9O2/c2*1-18-13-25(39-38-18)36-24-14-21-5-4-12-32-27(21)28(37-24)20-8-10-30(42-3,11-9-20)29(41)35-19(2)22-6-7-26(33-15-22)40-17-23(31)16-34-40/h2*4-7,12-17,19-20H,8-11H2,1-3H3,(H,35,41)(H2,36,37,38,39)/t2*19-,20?,30?/m00/s1. The van der Waals surface area contributed by atoms with E-state index in [1.807, 2.05) is 88.4 Å². The average Bonchev–Trinajstić information content (AvgIpc) is 2.63. The molecule has 2 aliphatic carbocycles. The van der Waals surface area contributed by atoms with Gasteiger partial charge in [0.25, 0.3) is 11.8 Å². The van der Waals surface area contributed by atoms with E-state index in [-0.39, 0.29) is 35.7 Å². The monoisotopic (exact) mass is 1140 g/mol. The average molecular weight is 1140 g/mol. The van der Waals surface area contributed by atoms with E-state index < -0.39 is 22.8 Å². The van der Waals surface area contributed by atoms with Crippen LogP contribution in [0.3, 0.4) is 0 Å². The quantitative estimate of drug-likeness (QED) is 0.0525. The molecule has 2 saturated carbocycles. The van der Waals surface area contributed by atoms with Gasteiger partial charge in [0, 0.05) is 85.1 Å². The first-order chi connectivity index (χ1) is 40.7. The van der Waals surface area contributed by atoms with Crippen molar-refractivity contribution in [1.82, 2.24) is 80.5 Å². The number of carbonyl (C=O) groups excluding carboxylic acids is 2. The highest BCUT2D eigenvalue weighted by molar-refractivity contribution is 5.88. The Morgan fingerprint density at radius 3 is 1.33 bits per heavy atom. The molecule has 0 saturated heterocycles. The molecule has 10 aromatic rings. The highest BCUT2D eigenvalue weighted by atomic mass is 19.1. The zero-order chi connectivity index (χ0) is 58.5. The number of hydrogen-bond acceptors (Lipinski definition) is 16. The lowest BCUT2D eigenvalue weighted by atomic mass is 9.76. The molecular weight excluding hydrogens is 1070 g/mol. The Balaban J connectivity index is 0.000000175. The van der Waals surface area contributed by atoms with E-state index in [0.29, 0.717) is 60.6 Å². The van der Waals surface area contributed by atoms with Crippen LogP contribution in [-0.4, -0.2) is 107 Å². The normalized spacial score (nSPS) is 19.5. The first-order valence-electron chi connectivity index (χ1n) is 27.8. The number of hydrogen-bond donors (Lipinski definition) is 6. The van der Waals surface area contributed by atoms with Crippen LogP contribution in [0.4, 0.5) is 32.1 Å². The molecule has 10 aromatic heterocycles. The summed E-state index contributed by atoms with van der Waals surface area (Å²) in [5.41, 5.74) is 5.19. The maximum atomic E-state index is 13.6. The van der Waals surface area contributed by atoms with Crippen molar-refractivity contribution in [3.8, 4) is 11.6 Å². The van der Waals surface area contributed by atoms with Crippen LogP contribution in [0.25, 0.3) is 33.4 Å². The fourth-order valence-electron chi connectivity index (χ4n) is 11.2. The van der Waals surface area contributed by atoms with Crippen LogP contribution in [0.15, 0.2) is 122 Å². The van der Waals surface area contributed by atoms with E-state index in [1.165, 1.54) is 21.8 Å². The third-order valence-corrected chi connectivity index (χ3v) is 15.9. The number of aryl methyl sites for hydroxylation is 2. The summed E-state index contributed by atoms with van der Waals surface area (Å²) < 4.78 is 41.1. The van der Waals surface area contributed by atoms with Gasteiger partial charge in [-0.3, -0.25) is 29.8 Å². The molecule has 2 fully saturated rings. The Morgan fingerprint density at radius 1 is 0.583 bits per heavy atom. The molecule has 84 heavy (non-hydrogen) atoms. The van der Waals surface area contributed by atoms with Crippen LogP contribution >= 0.6 is 0 Å². The van der Waals surface area contributed by atoms with Crippen LogP contribution in [0.5, 0.6) is 0 Å². The molecule has 2 aliphatic rings. The maximum absolute atomic E-state index is 13.6. The molecule has 0 bridgehead atoms. The number of anilines is 4. The number of aromatic amines is 2. The molecule has 24 heteroatoms. The number of amides is 2. The summed E-state index contributed by atoms with van der Waals surface area (Å²) in [5, 5.41) is 37.1. The van der Waals surface area contributed by atoms with Crippen molar-refractivity contribution in [2.24, 2.45) is 0 Å². The van der Waals surface area contributed by atoms with Crippen molar-refractivity contribution in [2.45, 2.75) is 114 Å². The van der Waals surface area contributed by atoms with Gasteiger partial charge in [0.1, 0.15) is 22.8 Å². The number of carbonyl (C=O) groups is 2. The number of methoxy groups -OCH3 is 2. The Hall–Kier alpha value is -9.42. The summed E-state index contributed by atoms with van der Waals surface area (Å²) in [7, 11) is 3.19. The predicted octanol–water partition coefficient (Wildman–Crippen LogP) is 10.1. The van der Waals surface area contributed by atoms with Crippen LogP contribution < -0.4 is 21.3 Å². The van der Waals surface area contributed by atoms with E-state index in [9.17, 15) is 18.4 Å². The minimum Gasteiger partial charge on any atom is -0.368 e. The zero-order valence-corrected chi connectivity index (χ0v) is 47.3. The smallest absolute Gasteiger partial charge is 0.252 e. The summed E-state index contributed by atoms with van der Waals surface area (Å²) in [6.45, 7) is 7.69. The number of H-pyrrole nitrogens is 2. The Labute approximate surface area is 482 Å². The van der Waals surface area contributed by atoms with Crippen molar-refractivity contribution in [1.29, 1.82) is 0 Å². The molecule has 10 heterocycles. The molecule has 2 atom stereocenters. The Morgan fingerprint density at radius 2 is 1.00 bits per heavy atom. The van der Waals surface area contributed by atoms with E-state index in [2.05, 4.69) is 71.8 Å². The van der Waals surface area contributed by atoms with Crippen molar-refractivity contribution >= 4 is 56.9 Å². The van der Waals surface area contributed by atoms with Gasteiger partial charge in [0.15, 0.2) is 34.9 Å². The lowest BCUT2D eigenvalue weighted by Gasteiger charge is -2.38. The molecule has 6 N–H and O–H groups in total. The molecule has 0 unspecified atom stereocenters. The lowest BCUT2D eigenvalue weighted by molar-refractivity contribution is -0.149. The van der Waals surface area contributed by atoms with E-state index >= 15 is 0 Å². The summed E-state index contributed by atoms with van der Waals surface area (Å²) in [6.07, 6.45) is 16.7. The summed E-state index contributed by atoms with van der Waals surface area (Å²) in [5.74, 6) is 2.81. The second-order valence-corrected chi connectivity index (χ2v) is 21.5. The van der Waals surface area contributed by atoms with Gasteiger partial charge in [0.2, 0.25) is 0 Å². The predicted molar refractivity (Wildman–Crippen MR) is 310 cm³/mol. The second-order valence-electron chi connectivity index (χ2n) is 21.5. The van der Waals surface area contributed by atoms with E-state index in [1.54, 1.807) is 51.1 Å². The third-order valence-electron chi connectivity index (χ3n) is 15.9. The van der Waals surface area contributed by atoms with Crippen molar-refractivity contribution in [2.75, 3.05) is 24.9 Å². The first-order valence-corrected chi connectivity index (χ1v) is 27.8. The maximum Gasteiger partial charge on any atom is 0.252 e. The number of rotatable bonds is 16. The highest BCUT2D eigenvalue weighted by Gasteiger charge is 2.45. The number of ether oxygens (including phenoxy) is 2. The second kappa shape index (κ2) is 24.2. The molecule has 2 amide bonds. The summed E-state index contributed by atoms with van der Waals surface area (Å²) in [4.78, 5) is 55.1. The van der Waals surface area contributed by atoms with Gasteiger partial charge in [-0.25, -0.2) is 38.1 Å².